The van der Waals surface area contributed by atoms with E-state index in [9.17, 15) is 4.79 Å². The molecule has 0 bridgehead atoms. The van der Waals surface area contributed by atoms with Crippen LogP contribution in [0.3, 0.4) is 0 Å². The minimum atomic E-state index is 0.0176. The molecule has 148 valence electrons. The molecule has 5 heteroatoms. The van der Waals surface area contributed by atoms with E-state index < -0.39 is 0 Å². The first-order valence-electron chi connectivity index (χ1n) is 10.6. The van der Waals surface area contributed by atoms with E-state index >= 15 is 0 Å². The summed E-state index contributed by atoms with van der Waals surface area (Å²) in [6.45, 7) is 3.44. The molecule has 28 heavy (non-hydrogen) atoms. The van der Waals surface area contributed by atoms with Crippen molar-refractivity contribution in [1.82, 2.24) is 15.6 Å². The van der Waals surface area contributed by atoms with Crippen LogP contribution in [0.25, 0.3) is 0 Å². The summed E-state index contributed by atoms with van der Waals surface area (Å²) in [6, 6.07) is 14.5. The number of hydrogen-bond acceptors (Lipinski definition) is 4. The Labute approximate surface area is 167 Å². The highest BCUT2D eigenvalue weighted by atomic mass is 16.1. The monoisotopic (exact) mass is 378 g/mol. The van der Waals surface area contributed by atoms with Gasteiger partial charge >= 0.3 is 0 Å². The van der Waals surface area contributed by atoms with E-state index in [-0.39, 0.29) is 11.9 Å². The molecule has 1 aromatic carbocycles. The molecule has 1 aliphatic carbocycles. The Morgan fingerprint density at radius 1 is 1.14 bits per heavy atom. The Morgan fingerprint density at radius 3 is 2.79 bits per heavy atom. The van der Waals surface area contributed by atoms with Crippen molar-refractivity contribution < 1.29 is 4.79 Å². The van der Waals surface area contributed by atoms with Crippen molar-refractivity contribution in [3.8, 4) is 0 Å². The molecule has 2 aliphatic rings. The number of hydrogen-bond donors (Lipinski definition) is 2. The van der Waals surface area contributed by atoms with Crippen molar-refractivity contribution in [3.63, 3.8) is 0 Å². The lowest BCUT2D eigenvalue weighted by molar-refractivity contribution is 0.0943. The number of nitrogens with one attached hydrogen (secondary N) is 2. The number of aromatic nitrogens is 1. The summed E-state index contributed by atoms with van der Waals surface area (Å²) in [6.07, 6.45) is 8.17. The fraction of sp³-hybridized carbons (Fsp3) is 0.478. The van der Waals surface area contributed by atoms with Crippen LogP contribution in [0.2, 0.25) is 0 Å². The molecule has 1 atom stereocenters. The zero-order valence-electron chi connectivity index (χ0n) is 16.4. The van der Waals surface area contributed by atoms with Crippen LogP contribution in [-0.2, 0) is 0 Å². The van der Waals surface area contributed by atoms with E-state index in [1.165, 1.54) is 37.7 Å². The second kappa shape index (κ2) is 9.20. The van der Waals surface area contributed by atoms with Gasteiger partial charge in [-0.15, -0.1) is 0 Å². The summed E-state index contributed by atoms with van der Waals surface area (Å²) in [4.78, 5) is 19.5. The number of rotatable bonds is 5. The van der Waals surface area contributed by atoms with Crippen molar-refractivity contribution >= 4 is 11.7 Å². The van der Waals surface area contributed by atoms with Crippen molar-refractivity contribution in [3.05, 3.63) is 59.8 Å². The third-order valence-electron chi connectivity index (χ3n) is 5.99. The summed E-state index contributed by atoms with van der Waals surface area (Å²) in [7, 11) is 0. The van der Waals surface area contributed by atoms with Gasteiger partial charge in [0.05, 0.1) is 0 Å². The molecule has 0 spiro atoms. The first-order valence-corrected chi connectivity index (χ1v) is 10.6. The fourth-order valence-corrected chi connectivity index (χ4v) is 4.33. The van der Waals surface area contributed by atoms with Crippen LogP contribution >= 0.6 is 0 Å². The van der Waals surface area contributed by atoms with Crippen LogP contribution in [0.5, 0.6) is 0 Å². The second-order valence-corrected chi connectivity index (χ2v) is 7.98. The molecule has 4 rings (SSSR count). The largest absolute Gasteiger partial charge is 0.353 e. The number of carbonyl (C=O) groups is 1. The minimum Gasteiger partial charge on any atom is -0.353 e. The maximum absolute atomic E-state index is 12.6. The van der Waals surface area contributed by atoms with E-state index in [1.807, 2.05) is 18.2 Å². The summed E-state index contributed by atoms with van der Waals surface area (Å²) < 4.78 is 0. The highest BCUT2D eigenvalue weighted by molar-refractivity contribution is 5.94. The molecule has 2 fully saturated rings. The maximum Gasteiger partial charge on any atom is 0.251 e. The zero-order chi connectivity index (χ0) is 19.2. The molecular formula is C23H30N4O. The second-order valence-electron chi connectivity index (χ2n) is 7.98. The van der Waals surface area contributed by atoms with Crippen LogP contribution in [0.15, 0.2) is 48.7 Å². The quantitative estimate of drug-likeness (QED) is 0.836. The topological polar surface area (TPSA) is 57.3 Å². The lowest BCUT2D eigenvalue weighted by Gasteiger charge is -2.35. The van der Waals surface area contributed by atoms with E-state index in [0.717, 1.165) is 32.0 Å². The van der Waals surface area contributed by atoms with Crippen LogP contribution in [0, 0.1) is 5.92 Å². The van der Waals surface area contributed by atoms with Crippen LogP contribution in [-0.4, -0.2) is 37.1 Å². The summed E-state index contributed by atoms with van der Waals surface area (Å²) in [5.41, 5.74) is 1.99. The lowest BCUT2D eigenvalue weighted by atomic mass is 9.89. The standard InChI is InChI=1S/C23H30N4O/c28-23(26-16-18-7-3-1-4-8-18)20-11-12-25-22(15-20)27-14-13-24-21(17-27)19-9-5-2-6-10-19/h2,5-6,9-12,15,18,21,24H,1,3-4,7-8,13-14,16-17H2,(H,26,28). The zero-order valence-corrected chi connectivity index (χ0v) is 16.4. The van der Waals surface area contributed by atoms with Gasteiger partial charge in [0.15, 0.2) is 0 Å². The SMILES string of the molecule is O=C(NCC1CCCCC1)c1ccnc(N2CCNC(c3ccccc3)C2)c1. The van der Waals surface area contributed by atoms with Crippen molar-refractivity contribution in [2.24, 2.45) is 5.92 Å². The van der Waals surface area contributed by atoms with Gasteiger partial charge in [-0.25, -0.2) is 4.98 Å². The number of amides is 1. The van der Waals surface area contributed by atoms with Crippen molar-refractivity contribution in [1.29, 1.82) is 0 Å². The van der Waals surface area contributed by atoms with Crippen molar-refractivity contribution in [2.45, 2.75) is 38.1 Å². The average Bonchev–Trinajstić information content (AvgIpc) is 2.79. The number of piperazine rings is 1. The van der Waals surface area contributed by atoms with Crippen LogP contribution in [0.1, 0.15) is 54.1 Å². The Morgan fingerprint density at radius 2 is 1.96 bits per heavy atom. The lowest BCUT2D eigenvalue weighted by Crippen LogP contribution is -2.46. The summed E-state index contributed by atoms with van der Waals surface area (Å²) >= 11 is 0. The van der Waals surface area contributed by atoms with Crippen molar-refractivity contribution in [2.75, 3.05) is 31.1 Å². The molecule has 1 saturated carbocycles. The molecule has 2 aromatic rings. The van der Waals surface area contributed by atoms with E-state index in [2.05, 4.69) is 44.8 Å². The Hall–Kier alpha value is -2.40. The normalized spacial score (nSPS) is 20.7. The predicted octanol–water partition coefficient (Wildman–Crippen LogP) is 3.54. The molecule has 0 radical (unpaired) electrons. The molecule has 1 aliphatic heterocycles. The first kappa shape index (κ1) is 18.9. The van der Waals surface area contributed by atoms with Gasteiger partial charge in [-0.2, -0.15) is 0 Å². The minimum absolute atomic E-state index is 0.0176. The smallest absolute Gasteiger partial charge is 0.251 e. The first-order chi connectivity index (χ1) is 13.8. The van der Waals surface area contributed by atoms with Gasteiger partial charge in [0.25, 0.3) is 5.91 Å². The van der Waals surface area contributed by atoms with E-state index in [4.69, 9.17) is 0 Å². The molecule has 2 heterocycles. The molecule has 1 unspecified atom stereocenters. The van der Waals surface area contributed by atoms with Gasteiger partial charge in [-0.1, -0.05) is 49.6 Å². The Balaban J connectivity index is 1.39. The van der Waals surface area contributed by atoms with Gasteiger partial charge < -0.3 is 15.5 Å². The fourth-order valence-electron chi connectivity index (χ4n) is 4.33. The number of benzene rings is 1. The molecule has 1 amide bonds. The van der Waals surface area contributed by atoms with Gasteiger partial charge in [0.2, 0.25) is 0 Å². The number of anilines is 1. The molecule has 1 aromatic heterocycles. The number of pyridine rings is 1. The highest BCUT2D eigenvalue weighted by Crippen LogP contribution is 2.24. The summed E-state index contributed by atoms with van der Waals surface area (Å²) in [5.74, 6) is 1.54. The Kier molecular flexibility index (Phi) is 6.22. The molecule has 5 nitrogen and oxygen atoms in total. The number of carbonyl (C=O) groups excluding carboxylic acids is 1. The molecule has 1 saturated heterocycles. The third-order valence-corrected chi connectivity index (χ3v) is 5.99. The van der Waals surface area contributed by atoms with E-state index in [1.54, 1.807) is 6.20 Å². The van der Waals surface area contributed by atoms with Gasteiger partial charge in [0.1, 0.15) is 5.82 Å². The molecular weight excluding hydrogens is 348 g/mol. The van der Waals surface area contributed by atoms with Gasteiger partial charge in [0, 0.05) is 44.0 Å². The average molecular weight is 379 g/mol. The predicted molar refractivity (Wildman–Crippen MR) is 113 cm³/mol. The molecule has 2 N–H and O–H groups in total. The Bertz CT molecular complexity index is 773. The van der Waals surface area contributed by atoms with Crippen LogP contribution < -0.4 is 15.5 Å². The van der Waals surface area contributed by atoms with Crippen LogP contribution in [0.4, 0.5) is 5.82 Å². The van der Waals surface area contributed by atoms with E-state index in [0.29, 0.717) is 11.5 Å². The van der Waals surface area contributed by atoms with Gasteiger partial charge in [-0.3, -0.25) is 4.79 Å². The third kappa shape index (κ3) is 4.71. The van der Waals surface area contributed by atoms with Gasteiger partial charge in [-0.05, 0) is 36.5 Å². The number of nitrogens with zero attached hydrogens (tertiary/aromatic N) is 2. The summed E-state index contributed by atoms with van der Waals surface area (Å²) in [5, 5.41) is 6.72. The maximum atomic E-state index is 12.6. The highest BCUT2D eigenvalue weighted by Gasteiger charge is 2.22.